The molecule has 6 nitrogen and oxygen atoms in total. The van der Waals surface area contributed by atoms with Gasteiger partial charge in [-0.1, -0.05) is 23.5 Å². The molecule has 1 amide bonds. The Bertz CT molecular complexity index is 629. The lowest BCUT2D eigenvalue weighted by molar-refractivity contribution is -0.274. The van der Waals surface area contributed by atoms with Crippen LogP contribution >= 0.6 is 11.3 Å². The summed E-state index contributed by atoms with van der Waals surface area (Å²) in [6.45, 7) is 0. The molecule has 0 aliphatic heterocycles. The molecule has 0 aliphatic carbocycles. The number of amides is 1. The van der Waals surface area contributed by atoms with Gasteiger partial charge in [-0.2, -0.15) is 0 Å². The van der Waals surface area contributed by atoms with Crippen LogP contribution in [0, 0.1) is 0 Å². The summed E-state index contributed by atoms with van der Waals surface area (Å²) in [6, 6.07) is 5.15. The Kier molecular flexibility index (Phi) is 3.74. The number of anilines is 2. The van der Waals surface area contributed by atoms with Crippen molar-refractivity contribution in [1.82, 2.24) is 10.2 Å². The molecule has 20 heavy (non-hydrogen) atoms. The number of ether oxygens (including phenoxy) is 1. The topological polar surface area (TPSA) is 90.1 Å². The van der Waals surface area contributed by atoms with Crippen LogP contribution in [0.5, 0.6) is 5.75 Å². The van der Waals surface area contributed by atoms with Crippen molar-refractivity contribution in [1.29, 1.82) is 0 Å². The SMILES string of the molecule is Nc1nnc(C(=O)Nc2ccccc2OC(F)(F)F)s1. The molecule has 10 heteroatoms. The second kappa shape index (κ2) is 5.33. The van der Waals surface area contributed by atoms with Crippen LogP contribution in [0.25, 0.3) is 0 Å². The van der Waals surface area contributed by atoms with Crippen molar-refractivity contribution < 1.29 is 22.7 Å². The third-order valence-electron chi connectivity index (χ3n) is 2.00. The molecule has 0 saturated carbocycles. The first-order valence-corrected chi connectivity index (χ1v) is 5.92. The average molecular weight is 304 g/mol. The van der Waals surface area contributed by atoms with E-state index in [1.807, 2.05) is 0 Å². The Balaban J connectivity index is 2.19. The second-order valence-corrected chi connectivity index (χ2v) is 4.45. The van der Waals surface area contributed by atoms with E-state index in [2.05, 4.69) is 20.3 Å². The highest BCUT2D eigenvalue weighted by Gasteiger charge is 2.32. The number of hydrogen-bond donors (Lipinski definition) is 2. The Morgan fingerprint density at radius 2 is 2.00 bits per heavy atom. The van der Waals surface area contributed by atoms with E-state index in [0.29, 0.717) is 0 Å². The summed E-state index contributed by atoms with van der Waals surface area (Å²) >= 11 is 0.815. The third-order valence-corrected chi connectivity index (χ3v) is 2.75. The van der Waals surface area contributed by atoms with Gasteiger partial charge in [0.2, 0.25) is 10.1 Å². The number of alkyl halides is 3. The number of nitrogen functional groups attached to an aromatic ring is 1. The quantitative estimate of drug-likeness (QED) is 0.908. The molecule has 0 radical (unpaired) electrons. The fourth-order valence-electron chi connectivity index (χ4n) is 1.29. The smallest absolute Gasteiger partial charge is 0.404 e. The lowest BCUT2D eigenvalue weighted by Gasteiger charge is -2.13. The zero-order chi connectivity index (χ0) is 14.8. The maximum atomic E-state index is 12.2. The van der Waals surface area contributed by atoms with Crippen molar-refractivity contribution in [3.8, 4) is 5.75 Å². The van der Waals surface area contributed by atoms with E-state index in [0.717, 1.165) is 17.4 Å². The van der Waals surface area contributed by atoms with E-state index in [-0.39, 0.29) is 15.8 Å². The predicted octanol–water partition coefficient (Wildman–Crippen LogP) is 2.27. The number of hydrogen-bond acceptors (Lipinski definition) is 6. The van der Waals surface area contributed by atoms with E-state index in [9.17, 15) is 18.0 Å². The van der Waals surface area contributed by atoms with Gasteiger partial charge in [-0.25, -0.2) is 0 Å². The number of aromatic nitrogens is 2. The molecule has 0 bridgehead atoms. The highest BCUT2D eigenvalue weighted by molar-refractivity contribution is 7.16. The van der Waals surface area contributed by atoms with Crippen molar-refractivity contribution in [2.45, 2.75) is 6.36 Å². The lowest BCUT2D eigenvalue weighted by atomic mass is 10.3. The Hall–Kier alpha value is -2.36. The van der Waals surface area contributed by atoms with Gasteiger partial charge in [0.1, 0.15) is 0 Å². The van der Waals surface area contributed by atoms with Crippen LogP contribution in [0.1, 0.15) is 9.80 Å². The van der Waals surface area contributed by atoms with Gasteiger partial charge < -0.3 is 15.8 Å². The van der Waals surface area contributed by atoms with Crippen LogP contribution in [-0.2, 0) is 0 Å². The fraction of sp³-hybridized carbons (Fsp3) is 0.100. The molecular weight excluding hydrogens is 297 g/mol. The number of para-hydroxylation sites is 2. The maximum Gasteiger partial charge on any atom is 0.573 e. The number of carbonyl (C=O) groups is 1. The first-order valence-electron chi connectivity index (χ1n) is 5.10. The van der Waals surface area contributed by atoms with E-state index in [1.54, 1.807) is 0 Å². The number of nitrogens with two attached hydrogens (primary N) is 1. The van der Waals surface area contributed by atoms with Crippen LogP contribution in [0.4, 0.5) is 24.0 Å². The second-order valence-electron chi connectivity index (χ2n) is 3.44. The number of nitrogens with zero attached hydrogens (tertiary/aromatic N) is 2. The number of halogens is 3. The summed E-state index contributed by atoms with van der Waals surface area (Å²) in [5.74, 6) is -1.25. The highest BCUT2D eigenvalue weighted by Crippen LogP contribution is 2.30. The van der Waals surface area contributed by atoms with Crippen molar-refractivity contribution in [3.05, 3.63) is 29.3 Å². The molecule has 0 saturated heterocycles. The third kappa shape index (κ3) is 3.57. The zero-order valence-electron chi connectivity index (χ0n) is 9.64. The van der Waals surface area contributed by atoms with Crippen molar-refractivity contribution >= 4 is 28.1 Å². The van der Waals surface area contributed by atoms with E-state index in [4.69, 9.17) is 5.73 Å². The molecule has 3 N–H and O–H groups in total. The van der Waals surface area contributed by atoms with Gasteiger partial charge in [0, 0.05) is 0 Å². The minimum Gasteiger partial charge on any atom is -0.404 e. The summed E-state index contributed by atoms with van der Waals surface area (Å²) in [5.41, 5.74) is 5.18. The summed E-state index contributed by atoms with van der Waals surface area (Å²) in [6.07, 6.45) is -4.85. The Labute approximate surface area is 114 Å². The Morgan fingerprint density at radius 3 is 2.60 bits per heavy atom. The highest BCUT2D eigenvalue weighted by atomic mass is 32.1. The molecule has 0 atom stereocenters. The fourth-order valence-corrected chi connectivity index (χ4v) is 1.79. The number of rotatable bonds is 3. The molecule has 1 aromatic heterocycles. The van der Waals surface area contributed by atoms with Gasteiger partial charge in [-0.05, 0) is 12.1 Å². The largest absolute Gasteiger partial charge is 0.573 e. The molecule has 106 valence electrons. The molecule has 0 aliphatic rings. The zero-order valence-corrected chi connectivity index (χ0v) is 10.5. The molecular formula is C10H7F3N4O2S. The summed E-state index contributed by atoms with van der Waals surface area (Å²) in [5, 5.41) is 9.18. The molecule has 0 fully saturated rings. The van der Waals surface area contributed by atoms with Crippen LogP contribution in [-0.4, -0.2) is 22.5 Å². The van der Waals surface area contributed by atoms with Crippen molar-refractivity contribution in [2.75, 3.05) is 11.1 Å². The lowest BCUT2D eigenvalue weighted by Crippen LogP contribution is -2.19. The first-order chi connectivity index (χ1) is 9.35. The minimum atomic E-state index is -4.85. The molecule has 2 rings (SSSR count). The molecule has 1 heterocycles. The standard InChI is InChI=1S/C10H7F3N4O2S/c11-10(12,13)19-6-4-2-1-3-5(6)15-7(18)8-16-17-9(14)20-8/h1-4H,(H2,14,17)(H,15,18). The molecule has 2 aromatic rings. The van der Waals surface area contributed by atoms with Gasteiger partial charge in [-0.15, -0.1) is 23.4 Å². The summed E-state index contributed by atoms with van der Waals surface area (Å²) in [4.78, 5) is 11.7. The maximum absolute atomic E-state index is 12.2. The summed E-state index contributed by atoms with van der Waals surface area (Å²) < 4.78 is 40.4. The van der Waals surface area contributed by atoms with Gasteiger partial charge in [0.25, 0.3) is 5.91 Å². The van der Waals surface area contributed by atoms with Crippen LogP contribution < -0.4 is 15.8 Å². The van der Waals surface area contributed by atoms with E-state index >= 15 is 0 Å². The van der Waals surface area contributed by atoms with Crippen molar-refractivity contribution in [3.63, 3.8) is 0 Å². The van der Waals surface area contributed by atoms with E-state index in [1.165, 1.54) is 18.2 Å². The Morgan fingerprint density at radius 1 is 1.30 bits per heavy atom. The normalized spacial score (nSPS) is 11.2. The van der Waals surface area contributed by atoms with Crippen LogP contribution in [0.15, 0.2) is 24.3 Å². The monoisotopic (exact) mass is 304 g/mol. The van der Waals surface area contributed by atoms with Crippen LogP contribution in [0.2, 0.25) is 0 Å². The first kappa shape index (κ1) is 14.1. The number of benzene rings is 1. The molecule has 0 spiro atoms. The average Bonchev–Trinajstić information content (AvgIpc) is 2.77. The van der Waals surface area contributed by atoms with E-state index < -0.39 is 18.0 Å². The van der Waals surface area contributed by atoms with Crippen molar-refractivity contribution in [2.24, 2.45) is 0 Å². The molecule has 1 aromatic carbocycles. The van der Waals surface area contributed by atoms with Gasteiger partial charge in [0.15, 0.2) is 5.75 Å². The van der Waals surface area contributed by atoms with Gasteiger partial charge >= 0.3 is 6.36 Å². The number of nitrogens with one attached hydrogen (secondary N) is 1. The predicted molar refractivity (Wildman–Crippen MR) is 65.4 cm³/mol. The van der Waals surface area contributed by atoms with Gasteiger partial charge in [0.05, 0.1) is 5.69 Å². The molecule has 0 unspecified atom stereocenters. The minimum absolute atomic E-state index is 0.0655. The summed E-state index contributed by atoms with van der Waals surface area (Å²) in [7, 11) is 0. The van der Waals surface area contributed by atoms with Gasteiger partial charge in [-0.3, -0.25) is 4.79 Å². The van der Waals surface area contributed by atoms with Crippen LogP contribution in [0.3, 0.4) is 0 Å². The number of carbonyl (C=O) groups excluding carboxylic acids is 1.